The van der Waals surface area contributed by atoms with Crippen LogP contribution in [-0.2, 0) is 12.8 Å². The number of rotatable bonds is 9. The van der Waals surface area contributed by atoms with Crippen molar-refractivity contribution >= 4 is 31.9 Å². The van der Waals surface area contributed by atoms with Crippen molar-refractivity contribution < 1.29 is 0 Å². The maximum absolute atomic E-state index is 3.50. The van der Waals surface area contributed by atoms with E-state index in [9.17, 15) is 0 Å². The van der Waals surface area contributed by atoms with Gasteiger partial charge in [-0.25, -0.2) is 0 Å². The molecule has 0 radical (unpaired) electrons. The molecular formula is C27H34Br2. The van der Waals surface area contributed by atoms with Gasteiger partial charge in [-0.1, -0.05) is 74.4 Å². The second kappa shape index (κ2) is 12.1. The molecular weight excluding hydrogens is 484 g/mol. The molecule has 0 nitrogen and oxygen atoms in total. The summed E-state index contributed by atoms with van der Waals surface area (Å²) in [5.41, 5.74) is 5.62. The molecule has 2 aromatic rings. The molecule has 156 valence electrons. The molecule has 0 unspecified atom stereocenters. The third-order valence-electron chi connectivity index (χ3n) is 6.40. The Labute approximate surface area is 194 Å². The SMILES string of the molecule is CCCCCc1ccc(-c2ccc(CCC3CCC(C=C(Br)Br)CC3)cc2)cc1. The molecule has 0 spiro atoms. The fourth-order valence-corrected chi connectivity index (χ4v) is 5.25. The highest BCUT2D eigenvalue weighted by Crippen LogP contribution is 2.34. The monoisotopic (exact) mass is 516 g/mol. The molecule has 0 aliphatic heterocycles. The summed E-state index contributed by atoms with van der Waals surface area (Å²) in [5.74, 6) is 1.64. The van der Waals surface area contributed by atoms with Gasteiger partial charge in [0, 0.05) is 0 Å². The van der Waals surface area contributed by atoms with Gasteiger partial charge in [-0.15, -0.1) is 0 Å². The summed E-state index contributed by atoms with van der Waals surface area (Å²) in [4.78, 5) is 0. The predicted octanol–water partition coefficient (Wildman–Crippen LogP) is 9.46. The van der Waals surface area contributed by atoms with Crippen LogP contribution in [0.15, 0.2) is 58.0 Å². The van der Waals surface area contributed by atoms with E-state index < -0.39 is 0 Å². The number of hydrogen-bond acceptors (Lipinski definition) is 0. The fraction of sp³-hybridized carbons (Fsp3) is 0.481. The van der Waals surface area contributed by atoms with Gasteiger partial charge < -0.3 is 0 Å². The van der Waals surface area contributed by atoms with Crippen LogP contribution in [0.1, 0.15) is 69.4 Å². The second-order valence-electron chi connectivity index (χ2n) is 8.63. The van der Waals surface area contributed by atoms with Gasteiger partial charge in [-0.05, 0) is 117 Å². The molecule has 1 aliphatic rings. The molecule has 0 atom stereocenters. The van der Waals surface area contributed by atoms with Crippen molar-refractivity contribution in [2.24, 2.45) is 11.8 Å². The number of hydrogen-bond donors (Lipinski definition) is 0. The molecule has 0 amide bonds. The Balaban J connectivity index is 1.46. The van der Waals surface area contributed by atoms with Crippen LogP contribution in [0, 0.1) is 11.8 Å². The molecule has 0 bridgehead atoms. The number of aryl methyl sites for hydroxylation is 2. The summed E-state index contributed by atoms with van der Waals surface area (Å²) >= 11 is 7.01. The van der Waals surface area contributed by atoms with Gasteiger partial charge in [0.15, 0.2) is 0 Å². The van der Waals surface area contributed by atoms with Gasteiger partial charge in [-0.3, -0.25) is 0 Å². The summed E-state index contributed by atoms with van der Waals surface area (Å²) in [6.45, 7) is 2.26. The van der Waals surface area contributed by atoms with Crippen LogP contribution in [-0.4, -0.2) is 0 Å². The van der Waals surface area contributed by atoms with Crippen LogP contribution >= 0.6 is 31.9 Å². The van der Waals surface area contributed by atoms with Crippen molar-refractivity contribution in [3.63, 3.8) is 0 Å². The highest BCUT2D eigenvalue weighted by molar-refractivity contribution is 9.28. The van der Waals surface area contributed by atoms with Crippen molar-refractivity contribution in [2.45, 2.75) is 71.1 Å². The van der Waals surface area contributed by atoms with E-state index in [1.807, 2.05) is 0 Å². The molecule has 1 saturated carbocycles. The third-order valence-corrected chi connectivity index (χ3v) is 6.93. The first-order valence-electron chi connectivity index (χ1n) is 11.3. The molecule has 0 N–H and O–H groups in total. The van der Waals surface area contributed by atoms with Gasteiger partial charge in [0.25, 0.3) is 0 Å². The van der Waals surface area contributed by atoms with Crippen LogP contribution < -0.4 is 0 Å². The van der Waals surface area contributed by atoms with Crippen molar-refractivity contribution in [2.75, 3.05) is 0 Å². The zero-order chi connectivity index (χ0) is 20.5. The number of benzene rings is 2. The first-order valence-corrected chi connectivity index (χ1v) is 12.9. The Morgan fingerprint density at radius 3 is 1.86 bits per heavy atom. The highest BCUT2D eigenvalue weighted by Gasteiger charge is 2.19. The average Bonchev–Trinajstić information content (AvgIpc) is 2.74. The number of unbranched alkanes of at least 4 members (excludes halogenated alkanes) is 2. The minimum Gasteiger partial charge on any atom is -0.0654 e. The lowest BCUT2D eigenvalue weighted by atomic mass is 9.79. The zero-order valence-electron chi connectivity index (χ0n) is 17.7. The lowest BCUT2D eigenvalue weighted by Gasteiger charge is -2.26. The van der Waals surface area contributed by atoms with Crippen molar-refractivity contribution in [1.82, 2.24) is 0 Å². The van der Waals surface area contributed by atoms with Crippen LogP contribution in [0.3, 0.4) is 0 Å². The maximum atomic E-state index is 3.50. The Morgan fingerprint density at radius 2 is 1.34 bits per heavy atom. The lowest BCUT2D eigenvalue weighted by Crippen LogP contribution is -2.13. The van der Waals surface area contributed by atoms with E-state index >= 15 is 0 Å². The lowest BCUT2D eigenvalue weighted by molar-refractivity contribution is 0.296. The molecule has 29 heavy (non-hydrogen) atoms. The maximum Gasteiger partial charge on any atom is 0.0567 e. The van der Waals surface area contributed by atoms with Crippen LogP contribution in [0.5, 0.6) is 0 Å². The molecule has 2 heteroatoms. The van der Waals surface area contributed by atoms with E-state index in [4.69, 9.17) is 0 Å². The van der Waals surface area contributed by atoms with Gasteiger partial charge in [0.05, 0.1) is 3.39 Å². The van der Waals surface area contributed by atoms with E-state index in [0.29, 0.717) is 0 Å². The van der Waals surface area contributed by atoms with E-state index in [-0.39, 0.29) is 0 Å². The minimum absolute atomic E-state index is 0.748. The highest BCUT2D eigenvalue weighted by atomic mass is 79.9. The standard InChI is InChI=1S/C27H34Br2/c1-2-3-4-5-21-12-16-25(17-13-21)26-18-14-23(15-19-26)7-6-22-8-10-24(11-9-22)20-27(28)29/h12-20,22,24H,2-11H2,1H3. The minimum atomic E-state index is 0.748. The van der Waals surface area contributed by atoms with Crippen LogP contribution in [0.2, 0.25) is 0 Å². The third kappa shape index (κ3) is 7.72. The predicted molar refractivity (Wildman–Crippen MR) is 135 cm³/mol. The van der Waals surface area contributed by atoms with Gasteiger partial charge in [-0.2, -0.15) is 0 Å². The molecule has 0 heterocycles. The molecule has 0 saturated heterocycles. The Morgan fingerprint density at radius 1 is 0.793 bits per heavy atom. The van der Waals surface area contributed by atoms with E-state index in [1.54, 1.807) is 0 Å². The van der Waals surface area contributed by atoms with Gasteiger partial charge >= 0.3 is 0 Å². The second-order valence-corrected chi connectivity index (χ2v) is 11.4. The summed E-state index contributed by atoms with van der Waals surface area (Å²) in [7, 11) is 0. The first kappa shape index (κ1) is 22.8. The van der Waals surface area contributed by atoms with Gasteiger partial charge in [0.1, 0.15) is 0 Å². The Hall–Kier alpha value is -0.860. The fourth-order valence-electron chi connectivity index (χ4n) is 4.50. The average molecular weight is 518 g/mol. The summed E-state index contributed by atoms with van der Waals surface area (Å²) in [5, 5.41) is 0. The molecule has 1 aliphatic carbocycles. The smallest absolute Gasteiger partial charge is 0.0567 e. The van der Waals surface area contributed by atoms with Crippen molar-refractivity contribution in [1.29, 1.82) is 0 Å². The van der Waals surface area contributed by atoms with E-state index in [0.717, 1.165) is 15.2 Å². The summed E-state index contributed by atoms with van der Waals surface area (Å²) in [6.07, 6.45) is 15.4. The normalized spacial score (nSPS) is 19.1. The summed E-state index contributed by atoms with van der Waals surface area (Å²) < 4.78 is 1.11. The molecule has 3 rings (SSSR count). The van der Waals surface area contributed by atoms with Gasteiger partial charge in [0.2, 0.25) is 0 Å². The number of halogens is 2. The van der Waals surface area contributed by atoms with Crippen molar-refractivity contribution in [3.05, 3.63) is 69.1 Å². The largest absolute Gasteiger partial charge is 0.0654 e. The Kier molecular flexibility index (Phi) is 9.52. The first-order chi connectivity index (χ1) is 14.1. The quantitative estimate of drug-likeness (QED) is 0.290. The van der Waals surface area contributed by atoms with E-state index in [1.165, 1.54) is 86.5 Å². The zero-order valence-corrected chi connectivity index (χ0v) is 20.8. The summed E-state index contributed by atoms with van der Waals surface area (Å²) in [6, 6.07) is 18.5. The topological polar surface area (TPSA) is 0 Å². The van der Waals surface area contributed by atoms with Crippen LogP contribution in [0.4, 0.5) is 0 Å². The van der Waals surface area contributed by atoms with Crippen molar-refractivity contribution in [3.8, 4) is 11.1 Å². The number of allylic oxidation sites excluding steroid dienone is 1. The van der Waals surface area contributed by atoms with Crippen LogP contribution in [0.25, 0.3) is 11.1 Å². The van der Waals surface area contributed by atoms with E-state index in [2.05, 4.69) is 93.4 Å². The molecule has 1 fully saturated rings. The Bertz CT molecular complexity index is 746. The molecule has 2 aromatic carbocycles. The molecule has 0 aromatic heterocycles.